The quantitative estimate of drug-likeness (QED) is 0.861. The van der Waals surface area contributed by atoms with Crippen molar-refractivity contribution < 1.29 is 4.79 Å². The Balaban J connectivity index is 2.11. The highest BCUT2D eigenvalue weighted by Gasteiger charge is 2.16. The molecule has 0 spiro atoms. The Labute approximate surface area is 139 Å². The van der Waals surface area contributed by atoms with Gasteiger partial charge in [0.15, 0.2) is 0 Å². The summed E-state index contributed by atoms with van der Waals surface area (Å²) in [5, 5.41) is 6.35. The summed E-state index contributed by atoms with van der Waals surface area (Å²) in [7, 11) is 0. The molecular weight excluding hydrogens is 284 g/mol. The van der Waals surface area contributed by atoms with Crippen molar-refractivity contribution in [2.24, 2.45) is 0 Å². The Morgan fingerprint density at radius 3 is 2.00 bits per heavy atom. The molecule has 2 rings (SSSR count). The van der Waals surface area contributed by atoms with Gasteiger partial charge in [-0.25, -0.2) is 0 Å². The predicted octanol–water partition coefficient (Wildman–Crippen LogP) is 4.67. The second-order valence-corrected chi connectivity index (χ2v) is 6.45. The molecule has 1 atom stereocenters. The van der Waals surface area contributed by atoms with E-state index in [1.165, 1.54) is 11.1 Å². The number of carbonyl (C=O) groups excluding carboxylic acids is 1. The van der Waals surface area contributed by atoms with Crippen molar-refractivity contribution in [3.8, 4) is 0 Å². The molecule has 0 aliphatic heterocycles. The largest absolute Gasteiger partial charge is 0.374 e. The zero-order valence-corrected chi connectivity index (χ0v) is 14.9. The average molecular weight is 310 g/mol. The van der Waals surface area contributed by atoms with Crippen LogP contribution < -0.4 is 10.6 Å². The minimum atomic E-state index is -0.309. The first-order chi connectivity index (χ1) is 10.8. The molecule has 0 aliphatic carbocycles. The number of benzene rings is 2. The fraction of sp³-hybridized carbons (Fsp3) is 0.350. The van der Waals surface area contributed by atoms with Gasteiger partial charge in [-0.05, 0) is 64.3 Å². The maximum Gasteiger partial charge on any atom is 0.246 e. The summed E-state index contributed by atoms with van der Waals surface area (Å²) in [5.74, 6) is -0.0278. The molecule has 0 radical (unpaired) electrons. The Morgan fingerprint density at radius 2 is 1.43 bits per heavy atom. The molecule has 2 aromatic rings. The highest BCUT2D eigenvalue weighted by atomic mass is 16.2. The predicted molar refractivity (Wildman–Crippen MR) is 98.3 cm³/mol. The van der Waals surface area contributed by atoms with E-state index >= 15 is 0 Å². The zero-order valence-electron chi connectivity index (χ0n) is 14.9. The summed E-state index contributed by atoms with van der Waals surface area (Å²) in [5.41, 5.74) is 7.66. The smallest absolute Gasteiger partial charge is 0.246 e. The van der Waals surface area contributed by atoms with Gasteiger partial charge in [0.1, 0.15) is 6.04 Å². The van der Waals surface area contributed by atoms with Gasteiger partial charge < -0.3 is 10.6 Å². The van der Waals surface area contributed by atoms with E-state index in [9.17, 15) is 4.79 Å². The lowest BCUT2D eigenvalue weighted by atomic mass is 10.0. The Bertz CT molecular complexity index is 711. The Kier molecular flexibility index (Phi) is 5.09. The molecule has 0 aromatic heterocycles. The number of carbonyl (C=O) groups is 1. The third-order valence-corrected chi connectivity index (χ3v) is 4.07. The van der Waals surface area contributed by atoms with E-state index in [4.69, 9.17) is 0 Å². The van der Waals surface area contributed by atoms with Gasteiger partial charge in [-0.1, -0.05) is 35.4 Å². The fourth-order valence-corrected chi connectivity index (χ4v) is 2.88. The second kappa shape index (κ2) is 6.86. The van der Waals surface area contributed by atoms with Crippen molar-refractivity contribution in [3.05, 3.63) is 58.1 Å². The lowest BCUT2D eigenvalue weighted by molar-refractivity contribution is -0.116. The lowest BCUT2D eigenvalue weighted by Crippen LogP contribution is -2.32. The third-order valence-electron chi connectivity index (χ3n) is 4.07. The van der Waals surface area contributed by atoms with Gasteiger partial charge in [-0.3, -0.25) is 4.79 Å². The van der Waals surface area contributed by atoms with Crippen LogP contribution in [0.4, 0.5) is 11.4 Å². The summed E-state index contributed by atoms with van der Waals surface area (Å²) >= 11 is 0. The Morgan fingerprint density at radius 1 is 0.870 bits per heavy atom. The molecule has 0 fully saturated rings. The van der Waals surface area contributed by atoms with Crippen LogP contribution in [0.25, 0.3) is 0 Å². The second-order valence-electron chi connectivity index (χ2n) is 6.45. The van der Waals surface area contributed by atoms with E-state index in [0.29, 0.717) is 0 Å². The van der Waals surface area contributed by atoms with Crippen LogP contribution in [0, 0.1) is 34.6 Å². The minimum Gasteiger partial charge on any atom is -0.374 e. The number of nitrogens with one attached hydrogen (secondary N) is 2. The van der Waals surface area contributed by atoms with Gasteiger partial charge in [0.2, 0.25) is 5.91 Å². The molecule has 0 saturated carbocycles. The van der Waals surface area contributed by atoms with Crippen molar-refractivity contribution in [1.29, 1.82) is 0 Å². The molecule has 3 nitrogen and oxygen atoms in total. The molecule has 0 unspecified atom stereocenters. The molecular formula is C20H26N2O. The molecule has 0 heterocycles. The van der Waals surface area contributed by atoms with Crippen LogP contribution in [0.15, 0.2) is 30.3 Å². The van der Waals surface area contributed by atoms with E-state index < -0.39 is 0 Å². The molecule has 2 N–H and O–H groups in total. The van der Waals surface area contributed by atoms with Gasteiger partial charge in [-0.15, -0.1) is 0 Å². The SMILES string of the molecule is Cc1ccc(N[C@H](C)C(=O)Nc2c(C)cc(C)cc2C)c(C)c1. The van der Waals surface area contributed by atoms with Gasteiger partial charge in [0.25, 0.3) is 0 Å². The van der Waals surface area contributed by atoms with E-state index in [2.05, 4.69) is 42.7 Å². The van der Waals surface area contributed by atoms with Gasteiger partial charge in [0, 0.05) is 11.4 Å². The maximum absolute atomic E-state index is 12.5. The minimum absolute atomic E-state index is 0.0278. The van der Waals surface area contributed by atoms with Crippen molar-refractivity contribution in [2.75, 3.05) is 10.6 Å². The van der Waals surface area contributed by atoms with Crippen LogP contribution in [0.1, 0.15) is 34.7 Å². The topological polar surface area (TPSA) is 41.1 Å². The van der Waals surface area contributed by atoms with E-state index in [-0.39, 0.29) is 11.9 Å². The molecule has 0 bridgehead atoms. The normalized spacial score (nSPS) is 11.9. The van der Waals surface area contributed by atoms with Crippen LogP contribution in [0.2, 0.25) is 0 Å². The number of amides is 1. The number of anilines is 2. The lowest BCUT2D eigenvalue weighted by Gasteiger charge is -2.19. The number of aryl methyl sites for hydroxylation is 5. The van der Waals surface area contributed by atoms with Crippen molar-refractivity contribution in [2.45, 2.75) is 47.6 Å². The highest BCUT2D eigenvalue weighted by Crippen LogP contribution is 2.23. The van der Waals surface area contributed by atoms with Gasteiger partial charge in [-0.2, -0.15) is 0 Å². The van der Waals surface area contributed by atoms with Crippen LogP contribution in [0.5, 0.6) is 0 Å². The van der Waals surface area contributed by atoms with E-state index in [1.807, 2.05) is 39.8 Å². The van der Waals surface area contributed by atoms with Crippen molar-refractivity contribution in [1.82, 2.24) is 0 Å². The standard InChI is InChI=1S/C20H26N2O/c1-12-7-8-18(14(3)9-12)21-17(6)20(23)22-19-15(4)10-13(2)11-16(19)5/h7-11,17,21H,1-6H3,(H,22,23)/t17-/m1/s1. The molecule has 1 amide bonds. The molecule has 0 saturated heterocycles. The third kappa shape index (κ3) is 4.13. The summed E-state index contributed by atoms with van der Waals surface area (Å²) in [6, 6.07) is 10.1. The first-order valence-corrected chi connectivity index (χ1v) is 8.00. The molecule has 2 aromatic carbocycles. The fourth-order valence-electron chi connectivity index (χ4n) is 2.88. The van der Waals surface area contributed by atoms with Crippen LogP contribution >= 0.6 is 0 Å². The summed E-state index contributed by atoms with van der Waals surface area (Å²) < 4.78 is 0. The maximum atomic E-state index is 12.5. The monoisotopic (exact) mass is 310 g/mol. The molecule has 3 heteroatoms. The van der Waals surface area contributed by atoms with E-state index in [1.54, 1.807) is 0 Å². The van der Waals surface area contributed by atoms with Crippen LogP contribution in [-0.4, -0.2) is 11.9 Å². The molecule has 122 valence electrons. The average Bonchev–Trinajstić information content (AvgIpc) is 2.45. The van der Waals surface area contributed by atoms with Crippen molar-refractivity contribution >= 4 is 17.3 Å². The molecule has 23 heavy (non-hydrogen) atoms. The molecule has 0 aliphatic rings. The summed E-state index contributed by atoms with van der Waals surface area (Å²) in [4.78, 5) is 12.5. The first kappa shape index (κ1) is 17.1. The van der Waals surface area contributed by atoms with Gasteiger partial charge in [0.05, 0.1) is 0 Å². The summed E-state index contributed by atoms with van der Waals surface area (Å²) in [6.07, 6.45) is 0. The zero-order chi connectivity index (χ0) is 17.1. The number of hydrogen-bond donors (Lipinski definition) is 2. The number of rotatable bonds is 4. The van der Waals surface area contributed by atoms with Gasteiger partial charge >= 0.3 is 0 Å². The number of hydrogen-bond acceptors (Lipinski definition) is 2. The van der Waals surface area contributed by atoms with Crippen LogP contribution in [0.3, 0.4) is 0 Å². The first-order valence-electron chi connectivity index (χ1n) is 8.00. The van der Waals surface area contributed by atoms with E-state index in [0.717, 1.165) is 28.1 Å². The summed E-state index contributed by atoms with van der Waals surface area (Å²) in [6.45, 7) is 12.1. The highest BCUT2D eigenvalue weighted by molar-refractivity contribution is 5.97. The Hall–Kier alpha value is -2.29. The van der Waals surface area contributed by atoms with Crippen molar-refractivity contribution in [3.63, 3.8) is 0 Å². The van der Waals surface area contributed by atoms with Crippen LogP contribution in [-0.2, 0) is 4.79 Å².